The fourth-order valence-electron chi connectivity index (χ4n) is 14.5. The van der Waals surface area contributed by atoms with Crippen LogP contribution in [0.1, 0.15) is 158 Å². The van der Waals surface area contributed by atoms with E-state index in [2.05, 4.69) is 145 Å². The maximum Gasteiger partial charge on any atom is -0.0117 e. The first kappa shape index (κ1) is 33.5. The van der Waals surface area contributed by atoms with E-state index in [0.717, 1.165) is 5.92 Å². The van der Waals surface area contributed by atoms with E-state index in [1.807, 2.05) is 0 Å². The van der Waals surface area contributed by atoms with Crippen LogP contribution in [0.15, 0.2) is 0 Å². The highest BCUT2D eigenvalue weighted by atomic mass is 14.9. The predicted octanol–water partition coefficient (Wildman–Crippen LogP) is 12.4. The van der Waals surface area contributed by atoms with E-state index in [1.165, 1.54) is 12.8 Å². The molecule has 0 saturated heterocycles. The van der Waals surface area contributed by atoms with Crippen molar-refractivity contribution in [2.75, 3.05) is 0 Å². The van der Waals surface area contributed by atoms with Crippen molar-refractivity contribution in [3.05, 3.63) is 0 Å². The zero-order chi connectivity index (χ0) is 31.0. The van der Waals surface area contributed by atoms with Crippen LogP contribution in [0.4, 0.5) is 0 Å². The van der Waals surface area contributed by atoms with Gasteiger partial charge in [-0.3, -0.25) is 0 Å². The Bertz CT molecular complexity index is 942. The highest BCUT2D eigenvalue weighted by molar-refractivity contribution is 5.36. The Kier molecular flexibility index (Phi) is 7.54. The standard InChI is InChI=1S/C39H74/c1-22-35(19,37(21)28(7)26(5)27(6)33(15,16)34(37,17)18)39-25(4)23-38(39,31(10,11)12)36(20,29(8)30(39)9)32(13,14)24(2)3/h24-30H,22-23H2,1-21H3/t25?,26-,27+,28-,29+,30?,35?,36?,37-,38-,39?/m1/s1. The second-order valence-corrected chi connectivity index (χ2v) is 19.5. The molecule has 0 nitrogen and oxygen atoms in total. The number of hydrogen-bond acceptors (Lipinski definition) is 0. The summed E-state index contributed by atoms with van der Waals surface area (Å²) < 4.78 is 0. The van der Waals surface area contributed by atoms with Gasteiger partial charge in [0.05, 0.1) is 0 Å². The number of rotatable bonds is 5. The summed E-state index contributed by atoms with van der Waals surface area (Å²) >= 11 is 0. The molecule has 11 atom stereocenters. The Hall–Kier alpha value is 0. The first-order chi connectivity index (χ1) is 17.2. The SMILES string of the molecule is CCC(C)(C12C(C)C[C@@]1(C(C)(C)C)C(C)(C(C)(C)C(C)C)[C@@H](C)C2C)[C@]1(C)[C@H](C)[C@H](C)[C@H](C)C(C)(C)C1(C)C. The maximum absolute atomic E-state index is 2.84. The van der Waals surface area contributed by atoms with Crippen LogP contribution in [-0.2, 0) is 0 Å². The van der Waals surface area contributed by atoms with Crippen molar-refractivity contribution in [1.82, 2.24) is 0 Å². The van der Waals surface area contributed by atoms with Gasteiger partial charge in [0.1, 0.15) is 0 Å². The van der Waals surface area contributed by atoms with Crippen molar-refractivity contribution >= 4 is 0 Å². The first-order valence-corrected chi connectivity index (χ1v) is 17.2. The molecule has 3 saturated carbocycles. The molecule has 5 unspecified atom stereocenters. The van der Waals surface area contributed by atoms with Crippen molar-refractivity contribution in [3.63, 3.8) is 0 Å². The van der Waals surface area contributed by atoms with Crippen LogP contribution in [0.25, 0.3) is 0 Å². The van der Waals surface area contributed by atoms with Crippen molar-refractivity contribution in [3.8, 4) is 0 Å². The van der Waals surface area contributed by atoms with Crippen molar-refractivity contribution in [2.45, 2.75) is 158 Å². The van der Waals surface area contributed by atoms with Gasteiger partial charge in [-0.1, -0.05) is 145 Å². The number of fused-ring (bicyclic) bond motifs is 1. The van der Waals surface area contributed by atoms with E-state index in [0.29, 0.717) is 35.5 Å². The third kappa shape index (κ3) is 3.01. The molecule has 0 heterocycles. The molecule has 0 bridgehead atoms. The molecular weight excluding hydrogens is 468 g/mol. The van der Waals surface area contributed by atoms with Crippen LogP contribution < -0.4 is 0 Å². The second-order valence-electron chi connectivity index (χ2n) is 19.5. The van der Waals surface area contributed by atoms with Crippen LogP contribution in [0.3, 0.4) is 0 Å². The molecule has 3 rings (SSSR count). The second kappa shape index (κ2) is 8.77. The maximum atomic E-state index is 2.84. The Morgan fingerprint density at radius 2 is 1.13 bits per heavy atom. The van der Waals surface area contributed by atoms with Crippen LogP contribution in [0.5, 0.6) is 0 Å². The summed E-state index contributed by atoms with van der Waals surface area (Å²) in [5.41, 5.74) is 2.17. The summed E-state index contributed by atoms with van der Waals surface area (Å²) in [5, 5.41) is 0. The zero-order valence-electron chi connectivity index (χ0n) is 31.0. The largest absolute Gasteiger partial charge is 0.0648 e. The molecule has 230 valence electrons. The minimum atomic E-state index is 0.205. The third-order valence-electron chi connectivity index (χ3n) is 18.7. The Balaban J connectivity index is 2.57. The normalized spacial score (nSPS) is 49.4. The molecule has 0 amide bonds. The minimum absolute atomic E-state index is 0.205. The van der Waals surface area contributed by atoms with Crippen molar-refractivity contribution in [1.29, 1.82) is 0 Å². The lowest BCUT2D eigenvalue weighted by atomic mass is 9.20. The molecule has 0 N–H and O–H groups in total. The lowest BCUT2D eigenvalue weighted by molar-refractivity contribution is -0.363. The van der Waals surface area contributed by atoms with Crippen molar-refractivity contribution < 1.29 is 0 Å². The van der Waals surface area contributed by atoms with Crippen LogP contribution in [-0.4, -0.2) is 0 Å². The third-order valence-corrected chi connectivity index (χ3v) is 18.7. The summed E-state index contributed by atoms with van der Waals surface area (Å²) in [6, 6.07) is 0. The zero-order valence-corrected chi connectivity index (χ0v) is 31.0. The van der Waals surface area contributed by atoms with E-state index in [1.54, 1.807) is 0 Å². The summed E-state index contributed by atoms with van der Waals surface area (Å²) in [6.45, 7) is 55.9. The highest BCUT2D eigenvalue weighted by Crippen LogP contribution is 2.94. The van der Waals surface area contributed by atoms with Gasteiger partial charge in [-0.25, -0.2) is 0 Å². The van der Waals surface area contributed by atoms with Gasteiger partial charge in [-0.15, -0.1) is 0 Å². The monoisotopic (exact) mass is 543 g/mol. The highest BCUT2D eigenvalue weighted by Gasteiger charge is 2.89. The quantitative estimate of drug-likeness (QED) is 0.324. The number of hydrogen-bond donors (Lipinski definition) is 0. The molecule has 3 aliphatic carbocycles. The molecule has 0 aromatic heterocycles. The van der Waals surface area contributed by atoms with Crippen LogP contribution >= 0.6 is 0 Å². The van der Waals surface area contributed by atoms with Crippen LogP contribution in [0, 0.1) is 90.2 Å². The molecule has 0 spiro atoms. The lowest BCUT2D eigenvalue weighted by Crippen LogP contribution is -2.78. The molecule has 0 radical (unpaired) electrons. The van der Waals surface area contributed by atoms with Crippen LogP contribution in [0.2, 0.25) is 0 Å². The summed E-state index contributed by atoms with van der Waals surface area (Å²) in [4.78, 5) is 0. The molecule has 0 aliphatic heterocycles. The molecule has 3 fully saturated rings. The Labute approximate surface area is 248 Å². The van der Waals surface area contributed by atoms with Gasteiger partial charge >= 0.3 is 0 Å². The van der Waals surface area contributed by atoms with E-state index < -0.39 is 0 Å². The fraction of sp³-hybridized carbons (Fsp3) is 1.00. The summed E-state index contributed by atoms with van der Waals surface area (Å²) in [6.07, 6.45) is 2.65. The average molecular weight is 543 g/mol. The molecule has 0 aromatic rings. The van der Waals surface area contributed by atoms with Gasteiger partial charge in [0.15, 0.2) is 0 Å². The van der Waals surface area contributed by atoms with Gasteiger partial charge in [-0.05, 0) is 103 Å². The first-order valence-electron chi connectivity index (χ1n) is 17.2. The van der Waals surface area contributed by atoms with E-state index in [4.69, 9.17) is 0 Å². The van der Waals surface area contributed by atoms with Crippen molar-refractivity contribution in [2.24, 2.45) is 90.2 Å². The Morgan fingerprint density at radius 3 is 1.49 bits per heavy atom. The molecule has 0 heteroatoms. The smallest absolute Gasteiger partial charge is 0.0117 e. The van der Waals surface area contributed by atoms with E-state index in [-0.39, 0.29) is 48.7 Å². The molecule has 0 aromatic carbocycles. The lowest BCUT2D eigenvalue weighted by Gasteiger charge is -2.83. The van der Waals surface area contributed by atoms with Gasteiger partial charge in [0, 0.05) is 0 Å². The average Bonchev–Trinajstić information content (AvgIpc) is 2.94. The van der Waals surface area contributed by atoms with Gasteiger partial charge in [0.25, 0.3) is 0 Å². The minimum Gasteiger partial charge on any atom is -0.0648 e. The van der Waals surface area contributed by atoms with Gasteiger partial charge in [-0.2, -0.15) is 0 Å². The summed E-state index contributed by atoms with van der Waals surface area (Å²) in [7, 11) is 0. The summed E-state index contributed by atoms with van der Waals surface area (Å²) in [5.74, 6) is 4.86. The van der Waals surface area contributed by atoms with Gasteiger partial charge in [0.2, 0.25) is 0 Å². The fourth-order valence-corrected chi connectivity index (χ4v) is 14.5. The van der Waals surface area contributed by atoms with E-state index in [9.17, 15) is 0 Å². The van der Waals surface area contributed by atoms with Gasteiger partial charge < -0.3 is 0 Å². The topological polar surface area (TPSA) is 0 Å². The molecule has 3 aliphatic rings. The molecular formula is C39H74. The van der Waals surface area contributed by atoms with E-state index >= 15 is 0 Å². The predicted molar refractivity (Wildman–Crippen MR) is 175 cm³/mol. The molecule has 39 heavy (non-hydrogen) atoms. The Morgan fingerprint density at radius 1 is 0.667 bits per heavy atom.